The number of aromatic nitrogens is 2. The molecule has 1 N–H and O–H groups in total. The van der Waals surface area contributed by atoms with Crippen LogP contribution in [-0.2, 0) is 6.61 Å². The minimum Gasteiger partial charge on any atom is -0.507 e. The van der Waals surface area contributed by atoms with Gasteiger partial charge in [0.1, 0.15) is 18.1 Å². The summed E-state index contributed by atoms with van der Waals surface area (Å²) in [7, 11) is 0. The highest BCUT2D eigenvalue weighted by atomic mass is 35.5. The van der Waals surface area contributed by atoms with Crippen LogP contribution in [-0.4, -0.2) is 21.0 Å². The first-order valence-corrected chi connectivity index (χ1v) is 9.63. The van der Waals surface area contributed by atoms with Gasteiger partial charge in [0.05, 0.1) is 17.1 Å². The molecule has 1 aromatic heterocycles. The molecule has 0 aliphatic rings. The third-order valence-electron chi connectivity index (χ3n) is 4.57. The van der Waals surface area contributed by atoms with Crippen LogP contribution in [0.5, 0.6) is 11.5 Å². The number of nitrogens with zero attached hydrogens (tertiary/aromatic N) is 3. The number of rotatable bonds is 5. The van der Waals surface area contributed by atoms with Crippen molar-refractivity contribution in [2.45, 2.75) is 13.5 Å². The van der Waals surface area contributed by atoms with E-state index in [1.54, 1.807) is 30.3 Å². The summed E-state index contributed by atoms with van der Waals surface area (Å²) in [4.78, 5) is 17.6. The molecule has 0 fully saturated rings. The number of ether oxygens (including phenoxy) is 1. The third-order valence-corrected chi connectivity index (χ3v) is 4.81. The van der Waals surface area contributed by atoms with E-state index in [1.165, 1.54) is 17.0 Å². The Morgan fingerprint density at radius 3 is 2.73 bits per heavy atom. The van der Waals surface area contributed by atoms with E-state index in [1.807, 2.05) is 37.3 Å². The maximum Gasteiger partial charge on any atom is 0.282 e. The van der Waals surface area contributed by atoms with Crippen molar-refractivity contribution in [3.05, 3.63) is 99.1 Å². The Hall–Kier alpha value is -3.64. The summed E-state index contributed by atoms with van der Waals surface area (Å²) in [6, 6.07) is 19.2. The smallest absolute Gasteiger partial charge is 0.282 e. The fourth-order valence-electron chi connectivity index (χ4n) is 2.99. The van der Waals surface area contributed by atoms with Gasteiger partial charge in [0.2, 0.25) is 0 Å². The molecule has 7 heteroatoms. The molecule has 1 heterocycles. The molecule has 0 bridgehead atoms. The fourth-order valence-corrected chi connectivity index (χ4v) is 3.17. The summed E-state index contributed by atoms with van der Waals surface area (Å²) in [6.45, 7) is 1.99. The number of hydrogen-bond acceptors (Lipinski definition) is 5. The number of aryl methyl sites for hydroxylation is 1. The molecule has 0 saturated heterocycles. The lowest BCUT2D eigenvalue weighted by molar-refractivity contribution is 0.287. The Morgan fingerprint density at radius 1 is 1.13 bits per heavy atom. The lowest BCUT2D eigenvalue weighted by atomic mass is 10.2. The molecule has 4 rings (SSSR count). The van der Waals surface area contributed by atoms with E-state index in [-0.39, 0.29) is 17.9 Å². The Morgan fingerprint density at radius 2 is 1.90 bits per heavy atom. The quantitative estimate of drug-likeness (QED) is 0.482. The number of fused-ring (bicyclic) bond motifs is 1. The van der Waals surface area contributed by atoms with Gasteiger partial charge in [-0.3, -0.25) is 4.79 Å². The average molecular weight is 420 g/mol. The summed E-state index contributed by atoms with van der Waals surface area (Å²) in [5, 5.41) is 15.2. The Balaban J connectivity index is 1.78. The van der Waals surface area contributed by atoms with Crippen molar-refractivity contribution < 1.29 is 9.84 Å². The van der Waals surface area contributed by atoms with E-state index in [4.69, 9.17) is 16.3 Å². The summed E-state index contributed by atoms with van der Waals surface area (Å²) in [5.74, 6) is 1.03. The lowest BCUT2D eigenvalue weighted by Gasteiger charge is -2.12. The van der Waals surface area contributed by atoms with Gasteiger partial charge in [-0.1, -0.05) is 41.9 Å². The molecule has 0 spiro atoms. The van der Waals surface area contributed by atoms with Gasteiger partial charge in [-0.2, -0.15) is 9.78 Å². The molecule has 0 aliphatic carbocycles. The number of para-hydroxylation sites is 2. The maximum absolute atomic E-state index is 13.1. The highest BCUT2D eigenvalue weighted by molar-refractivity contribution is 6.30. The number of benzene rings is 3. The Bertz CT molecular complexity index is 1310. The summed E-state index contributed by atoms with van der Waals surface area (Å²) >= 11 is 6.00. The van der Waals surface area contributed by atoms with E-state index in [9.17, 15) is 9.90 Å². The van der Waals surface area contributed by atoms with Gasteiger partial charge in [-0.15, -0.1) is 0 Å². The third kappa shape index (κ3) is 4.04. The van der Waals surface area contributed by atoms with Gasteiger partial charge in [0.15, 0.2) is 5.82 Å². The molecule has 150 valence electrons. The first-order chi connectivity index (χ1) is 14.5. The molecule has 0 amide bonds. The first-order valence-electron chi connectivity index (χ1n) is 9.25. The fraction of sp³-hybridized carbons (Fsp3) is 0.0870. The van der Waals surface area contributed by atoms with E-state index < -0.39 is 0 Å². The van der Waals surface area contributed by atoms with Crippen LogP contribution in [0.15, 0.2) is 76.6 Å². The van der Waals surface area contributed by atoms with E-state index in [0.717, 1.165) is 5.56 Å². The standard InChI is InChI=1S/C23H18ClN3O3/c1-15-6-2-5-9-21(15)30-14-22-26-19-8-4-3-7-18(19)23(29)27(22)25-13-16-12-17(24)10-11-20(16)28/h2-13,28H,14H2,1H3. The van der Waals surface area contributed by atoms with Crippen molar-refractivity contribution in [3.8, 4) is 11.5 Å². The Labute approximate surface area is 177 Å². The van der Waals surface area contributed by atoms with Gasteiger partial charge < -0.3 is 9.84 Å². The predicted molar refractivity (Wildman–Crippen MR) is 118 cm³/mol. The van der Waals surface area contributed by atoms with Crippen molar-refractivity contribution in [2.24, 2.45) is 5.10 Å². The van der Waals surface area contributed by atoms with Gasteiger partial charge in [0, 0.05) is 10.6 Å². The van der Waals surface area contributed by atoms with Gasteiger partial charge >= 0.3 is 0 Å². The van der Waals surface area contributed by atoms with E-state index in [0.29, 0.717) is 33.1 Å². The normalized spacial score (nSPS) is 11.3. The van der Waals surface area contributed by atoms with Crippen LogP contribution in [0.25, 0.3) is 10.9 Å². The molecule has 4 aromatic rings. The number of aromatic hydroxyl groups is 1. The van der Waals surface area contributed by atoms with Crippen molar-refractivity contribution in [3.63, 3.8) is 0 Å². The number of phenolic OH excluding ortho intramolecular Hbond substituents is 1. The zero-order chi connectivity index (χ0) is 21.1. The van der Waals surface area contributed by atoms with Crippen LogP contribution in [0.3, 0.4) is 0 Å². The molecular formula is C23H18ClN3O3. The topological polar surface area (TPSA) is 76.7 Å². The molecular weight excluding hydrogens is 402 g/mol. The monoisotopic (exact) mass is 419 g/mol. The van der Waals surface area contributed by atoms with Gasteiger partial charge in [-0.05, 0) is 48.9 Å². The van der Waals surface area contributed by atoms with Gasteiger partial charge in [0.25, 0.3) is 5.56 Å². The molecule has 0 saturated carbocycles. The van der Waals surface area contributed by atoms with Crippen LogP contribution >= 0.6 is 11.6 Å². The zero-order valence-corrected chi connectivity index (χ0v) is 16.9. The number of phenols is 1. The minimum atomic E-state index is -0.332. The van der Waals surface area contributed by atoms with Crippen molar-refractivity contribution >= 4 is 28.7 Å². The summed E-state index contributed by atoms with van der Waals surface area (Å²) in [5.41, 5.74) is 1.58. The van der Waals surface area contributed by atoms with Crippen LogP contribution in [0.2, 0.25) is 5.02 Å². The minimum absolute atomic E-state index is 0.00246. The molecule has 0 unspecified atom stereocenters. The molecule has 30 heavy (non-hydrogen) atoms. The zero-order valence-electron chi connectivity index (χ0n) is 16.1. The summed E-state index contributed by atoms with van der Waals surface area (Å²) < 4.78 is 7.08. The Kier molecular flexibility index (Phi) is 5.50. The van der Waals surface area contributed by atoms with E-state index in [2.05, 4.69) is 10.1 Å². The van der Waals surface area contributed by atoms with Crippen molar-refractivity contribution in [2.75, 3.05) is 0 Å². The second-order valence-corrected chi connectivity index (χ2v) is 7.10. The molecule has 3 aromatic carbocycles. The van der Waals surface area contributed by atoms with Crippen LogP contribution < -0.4 is 10.3 Å². The van der Waals surface area contributed by atoms with Crippen LogP contribution in [0.1, 0.15) is 17.0 Å². The number of halogens is 1. The highest BCUT2D eigenvalue weighted by Gasteiger charge is 2.12. The predicted octanol–water partition coefficient (Wildman–Crippen LogP) is 4.53. The largest absolute Gasteiger partial charge is 0.507 e. The van der Waals surface area contributed by atoms with E-state index >= 15 is 0 Å². The maximum atomic E-state index is 13.1. The second-order valence-electron chi connectivity index (χ2n) is 6.66. The van der Waals surface area contributed by atoms with Gasteiger partial charge in [-0.25, -0.2) is 4.98 Å². The van der Waals surface area contributed by atoms with Crippen LogP contribution in [0.4, 0.5) is 0 Å². The SMILES string of the molecule is Cc1ccccc1OCc1nc2ccccc2c(=O)n1N=Cc1cc(Cl)ccc1O. The first kappa shape index (κ1) is 19.7. The summed E-state index contributed by atoms with van der Waals surface area (Å²) in [6.07, 6.45) is 1.37. The molecule has 6 nitrogen and oxygen atoms in total. The van der Waals surface area contributed by atoms with Crippen molar-refractivity contribution in [1.29, 1.82) is 0 Å². The van der Waals surface area contributed by atoms with Crippen molar-refractivity contribution in [1.82, 2.24) is 9.66 Å². The molecule has 0 aliphatic heterocycles. The number of hydrogen-bond donors (Lipinski definition) is 1. The second kappa shape index (κ2) is 8.39. The highest BCUT2D eigenvalue weighted by Crippen LogP contribution is 2.20. The molecule has 0 atom stereocenters. The lowest BCUT2D eigenvalue weighted by Crippen LogP contribution is -2.23. The average Bonchev–Trinajstić information content (AvgIpc) is 2.75. The molecule has 0 radical (unpaired) electrons. The van der Waals surface area contributed by atoms with Crippen LogP contribution in [0, 0.1) is 6.92 Å².